The van der Waals surface area contributed by atoms with Crippen molar-refractivity contribution >= 4 is 0 Å². The Balaban J connectivity index is 1.70. The van der Waals surface area contributed by atoms with Gasteiger partial charge in [0.15, 0.2) is 0 Å². The lowest BCUT2D eigenvalue weighted by Crippen LogP contribution is -2.50. The van der Waals surface area contributed by atoms with Crippen molar-refractivity contribution < 1.29 is 0 Å². The Morgan fingerprint density at radius 2 is 1.70 bits per heavy atom. The van der Waals surface area contributed by atoms with Crippen LogP contribution in [0.1, 0.15) is 64.7 Å². The van der Waals surface area contributed by atoms with E-state index in [0.29, 0.717) is 0 Å². The smallest absolute Gasteiger partial charge is 0.0124 e. The molecular formula is C18H34N2. The fourth-order valence-corrected chi connectivity index (χ4v) is 5.76. The van der Waals surface area contributed by atoms with Gasteiger partial charge in [-0.25, -0.2) is 0 Å². The molecule has 2 heteroatoms. The van der Waals surface area contributed by atoms with Gasteiger partial charge in [-0.1, -0.05) is 32.6 Å². The average molecular weight is 278 g/mol. The van der Waals surface area contributed by atoms with Crippen molar-refractivity contribution in [3.63, 3.8) is 0 Å². The van der Waals surface area contributed by atoms with Crippen molar-refractivity contribution in [2.45, 2.75) is 82.8 Å². The van der Waals surface area contributed by atoms with E-state index in [9.17, 15) is 0 Å². The third kappa shape index (κ3) is 2.66. The van der Waals surface area contributed by atoms with Gasteiger partial charge in [-0.3, -0.25) is 0 Å². The van der Waals surface area contributed by atoms with E-state index in [-0.39, 0.29) is 0 Å². The van der Waals surface area contributed by atoms with Gasteiger partial charge < -0.3 is 10.2 Å². The maximum Gasteiger partial charge on any atom is 0.0124 e. The summed E-state index contributed by atoms with van der Waals surface area (Å²) < 4.78 is 0. The number of fused-ring (bicyclic) bond motifs is 2. The fourth-order valence-electron chi connectivity index (χ4n) is 5.76. The van der Waals surface area contributed by atoms with E-state index in [2.05, 4.69) is 31.2 Å². The van der Waals surface area contributed by atoms with Crippen LogP contribution in [0.4, 0.5) is 0 Å². The molecule has 3 rings (SSSR count). The second-order valence-electron chi connectivity index (χ2n) is 7.71. The van der Waals surface area contributed by atoms with Crippen molar-refractivity contribution in [2.24, 2.45) is 17.8 Å². The zero-order valence-electron chi connectivity index (χ0n) is 13.8. The van der Waals surface area contributed by atoms with Crippen LogP contribution >= 0.6 is 0 Å². The van der Waals surface area contributed by atoms with Gasteiger partial charge in [0, 0.05) is 18.1 Å². The lowest BCUT2D eigenvalue weighted by atomic mass is 9.68. The molecule has 3 fully saturated rings. The molecule has 0 aromatic rings. The number of hydrogen-bond acceptors (Lipinski definition) is 2. The Labute approximate surface area is 125 Å². The summed E-state index contributed by atoms with van der Waals surface area (Å²) in [5.41, 5.74) is 0. The molecule has 2 bridgehead atoms. The maximum atomic E-state index is 3.77. The lowest BCUT2D eigenvalue weighted by Gasteiger charge is -2.45. The molecule has 0 radical (unpaired) electrons. The van der Waals surface area contributed by atoms with Gasteiger partial charge in [-0.2, -0.15) is 0 Å². The minimum Gasteiger partial charge on any atom is -0.316 e. The Hall–Kier alpha value is -0.0800. The molecule has 5 unspecified atom stereocenters. The van der Waals surface area contributed by atoms with E-state index >= 15 is 0 Å². The summed E-state index contributed by atoms with van der Waals surface area (Å²) in [5, 5.41) is 3.77. The molecule has 116 valence electrons. The van der Waals surface area contributed by atoms with E-state index in [4.69, 9.17) is 0 Å². The highest BCUT2D eigenvalue weighted by atomic mass is 15.2. The quantitative estimate of drug-likeness (QED) is 0.844. The molecule has 0 aromatic carbocycles. The van der Waals surface area contributed by atoms with Crippen molar-refractivity contribution in [1.29, 1.82) is 0 Å². The van der Waals surface area contributed by atoms with Gasteiger partial charge in [0.2, 0.25) is 0 Å². The normalized spacial score (nSPS) is 43.6. The summed E-state index contributed by atoms with van der Waals surface area (Å²) in [7, 11) is 4.59. The highest BCUT2D eigenvalue weighted by molar-refractivity contribution is 4.99. The van der Waals surface area contributed by atoms with Crippen LogP contribution in [0.5, 0.6) is 0 Å². The molecule has 20 heavy (non-hydrogen) atoms. The highest BCUT2D eigenvalue weighted by Gasteiger charge is 2.43. The number of rotatable bonds is 4. The maximum absolute atomic E-state index is 3.77. The van der Waals surface area contributed by atoms with Gasteiger partial charge in [0.05, 0.1) is 0 Å². The molecule has 2 saturated heterocycles. The van der Waals surface area contributed by atoms with Gasteiger partial charge >= 0.3 is 0 Å². The SMILES string of the molecule is CCC1CCCCC1C(NC)C1CC2CCC(C1)N2C. The predicted octanol–water partition coefficient (Wildman–Crippen LogP) is 3.66. The Bertz CT molecular complexity index is 303. The Morgan fingerprint density at radius 3 is 2.30 bits per heavy atom. The topological polar surface area (TPSA) is 15.3 Å². The first kappa shape index (κ1) is 14.8. The molecule has 2 heterocycles. The van der Waals surface area contributed by atoms with Crippen LogP contribution in [-0.2, 0) is 0 Å². The van der Waals surface area contributed by atoms with Crippen LogP contribution in [-0.4, -0.2) is 37.1 Å². The third-order valence-corrected chi connectivity index (χ3v) is 6.93. The van der Waals surface area contributed by atoms with Gasteiger partial charge in [0.25, 0.3) is 0 Å². The number of nitrogens with zero attached hydrogens (tertiary/aromatic N) is 1. The molecule has 1 saturated carbocycles. The molecule has 1 N–H and O–H groups in total. The highest BCUT2D eigenvalue weighted by Crippen LogP contribution is 2.43. The third-order valence-electron chi connectivity index (χ3n) is 6.93. The van der Waals surface area contributed by atoms with E-state index in [1.54, 1.807) is 0 Å². The van der Waals surface area contributed by atoms with E-state index in [1.165, 1.54) is 57.8 Å². The van der Waals surface area contributed by atoms with E-state index in [1.807, 2.05) is 0 Å². The fraction of sp³-hybridized carbons (Fsp3) is 1.00. The van der Waals surface area contributed by atoms with E-state index in [0.717, 1.165) is 35.9 Å². The Morgan fingerprint density at radius 1 is 1.05 bits per heavy atom. The second kappa shape index (κ2) is 6.36. The van der Waals surface area contributed by atoms with Gasteiger partial charge in [-0.05, 0) is 64.0 Å². The standard InChI is InChI=1S/C18H34N2/c1-4-13-7-5-6-8-17(13)18(19-2)14-11-15-9-10-16(12-14)20(15)3/h13-19H,4-12H2,1-3H3. The van der Waals surface area contributed by atoms with Crippen molar-refractivity contribution in [3.05, 3.63) is 0 Å². The van der Waals surface area contributed by atoms with Crippen molar-refractivity contribution in [3.8, 4) is 0 Å². The van der Waals surface area contributed by atoms with Crippen molar-refractivity contribution in [2.75, 3.05) is 14.1 Å². The Kier molecular flexibility index (Phi) is 4.72. The lowest BCUT2D eigenvalue weighted by molar-refractivity contribution is 0.0699. The summed E-state index contributed by atoms with van der Waals surface area (Å²) in [4.78, 5) is 2.68. The minimum atomic E-state index is 0.789. The largest absolute Gasteiger partial charge is 0.316 e. The first-order valence-corrected chi connectivity index (χ1v) is 9.13. The molecule has 1 aliphatic carbocycles. The van der Waals surface area contributed by atoms with Gasteiger partial charge in [-0.15, -0.1) is 0 Å². The number of hydrogen-bond donors (Lipinski definition) is 1. The van der Waals surface area contributed by atoms with Crippen LogP contribution in [0.15, 0.2) is 0 Å². The predicted molar refractivity (Wildman–Crippen MR) is 85.9 cm³/mol. The molecular weight excluding hydrogens is 244 g/mol. The van der Waals surface area contributed by atoms with Crippen LogP contribution in [0.3, 0.4) is 0 Å². The summed E-state index contributed by atoms with van der Waals surface area (Å²) in [5.74, 6) is 2.87. The first-order valence-electron chi connectivity index (χ1n) is 9.13. The minimum absolute atomic E-state index is 0.789. The first-order chi connectivity index (χ1) is 9.74. The average Bonchev–Trinajstić information content (AvgIpc) is 2.70. The van der Waals surface area contributed by atoms with Crippen LogP contribution in [0, 0.1) is 17.8 Å². The molecule has 0 aromatic heterocycles. The zero-order chi connectivity index (χ0) is 14.1. The van der Waals surface area contributed by atoms with E-state index < -0.39 is 0 Å². The zero-order valence-corrected chi connectivity index (χ0v) is 13.8. The summed E-state index contributed by atoms with van der Waals surface area (Å²) in [6, 6.07) is 2.56. The second-order valence-corrected chi connectivity index (χ2v) is 7.71. The summed E-state index contributed by atoms with van der Waals surface area (Å²) >= 11 is 0. The molecule has 2 nitrogen and oxygen atoms in total. The van der Waals surface area contributed by atoms with Crippen LogP contribution in [0.2, 0.25) is 0 Å². The van der Waals surface area contributed by atoms with Gasteiger partial charge in [0.1, 0.15) is 0 Å². The summed E-state index contributed by atoms with van der Waals surface area (Å²) in [6.45, 7) is 2.41. The molecule has 2 aliphatic heterocycles. The number of nitrogens with one attached hydrogen (secondary N) is 1. The number of piperidine rings is 1. The molecule has 0 amide bonds. The van der Waals surface area contributed by atoms with Crippen molar-refractivity contribution in [1.82, 2.24) is 10.2 Å². The van der Waals surface area contributed by atoms with Crippen LogP contribution < -0.4 is 5.32 Å². The monoisotopic (exact) mass is 278 g/mol. The molecule has 5 atom stereocenters. The van der Waals surface area contributed by atoms with Crippen LogP contribution in [0.25, 0.3) is 0 Å². The summed E-state index contributed by atoms with van der Waals surface area (Å²) in [6.07, 6.45) is 13.1. The molecule has 3 aliphatic rings. The molecule has 0 spiro atoms.